The molecule has 76 valence electrons. The van der Waals surface area contributed by atoms with Gasteiger partial charge < -0.3 is 0 Å². The van der Waals surface area contributed by atoms with E-state index >= 15 is 0 Å². The van der Waals surface area contributed by atoms with Crippen molar-refractivity contribution in [3.8, 4) is 0 Å². The van der Waals surface area contributed by atoms with Crippen LogP contribution >= 0.6 is 11.6 Å². The summed E-state index contributed by atoms with van der Waals surface area (Å²) >= 11 is 6.05. The summed E-state index contributed by atoms with van der Waals surface area (Å²) in [6, 6.07) is 0. The van der Waals surface area contributed by atoms with Gasteiger partial charge in [0.15, 0.2) is 6.29 Å². The number of aldehydes is 1. The van der Waals surface area contributed by atoms with Gasteiger partial charge in [0, 0.05) is 12.5 Å². The fraction of sp³-hybridized carbons (Fsp3) is 0.600. The van der Waals surface area contributed by atoms with Crippen LogP contribution in [0.2, 0.25) is 5.15 Å². The second-order valence-electron chi connectivity index (χ2n) is 3.70. The van der Waals surface area contributed by atoms with Gasteiger partial charge in [0.1, 0.15) is 5.15 Å². The predicted octanol–water partition coefficient (Wildman–Crippen LogP) is 2.64. The summed E-state index contributed by atoms with van der Waals surface area (Å²) in [6.07, 6.45) is 4.08. The smallest absolute Gasteiger partial charge is 0.155 e. The molecule has 3 nitrogen and oxygen atoms in total. The van der Waals surface area contributed by atoms with Crippen LogP contribution in [0.25, 0.3) is 0 Å². The molecule has 0 spiro atoms. The Morgan fingerprint density at radius 2 is 2.36 bits per heavy atom. The molecule has 1 aliphatic rings. The predicted molar refractivity (Wildman–Crippen MR) is 54.9 cm³/mol. The highest BCUT2D eigenvalue weighted by Gasteiger charge is 2.31. The van der Waals surface area contributed by atoms with Crippen LogP contribution in [0.4, 0.5) is 0 Å². The van der Waals surface area contributed by atoms with Crippen molar-refractivity contribution >= 4 is 17.9 Å². The summed E-state index contributed by atoms with van der Waals surface area (Å²) in [5.41, 5.74) is 1.50. The lowest BCUT2D eigenvalue weighted by Gasteiger charge is -1.97. The lowest BCUT2D eigenvalue weighted by Crippen LogP contribution is -1.99. The summed E-state index contributed by atoms with van der Waals surface area (Å²) < 4.78 is 1.74. The molecule has 14 heavy (non-hydrogen) atoms. The number of carbonyl (C=O) groups is 1. The largest absolute Gasteiger partial charge is 0.298 e. The number of rotatable bonds is 4. The van der Waals surface area contributed by atoms with Crippen molar-refractivity contribution in [2.24, 2.45) is 0 Å². The molecule has 1 saturated carbocycles. The van der Waals surface area contributed by atoms with Gasteiger partial charge in [-0.2, -0.15) is 5.10 Å². The number of hydrogen-bond acceptors (Lipinski definition) is 2. The van der Waals surface area contributed by atoms with Gasteiger partial charge in [0.25, 0.3) is 0 Å². The van der Waals surface area contributed by atoms with Gasteiger partial charge in [-0.05, 0) is 19.3 Å². The van der Waals surface area contributed by atoms with Crippen molar-refractivity contribution in [1.29, 1.82) is 0 Å². The maximum Gasteiger partial charge on any atom is 0.155 e. The average molecular weight is 213 g/mol. The van der Waals surface area contributed by atoms with E-state index in [9.17, 15) is 4.79 Å². The fourth-order valence-electron chi connectivity index (χ4n) is 1.60. The van der Waals surface area contributed by atoms with Crippen LogP contribution in [0.5, 0.6) is 0 Å². The minimum Gasteiger partial charge on any atom is -0.298 e. The Bertz CT molecular complexity index is 355. The Kier molecular flexibility index (Phi) is 2.59. The summed E-state index contributed by atoms with van der Waals surface area (Å²) in [5, 5.41) is 4.89. The molecule has 0 amide bonds. The monoisotopic (exact) mass is 212 g/mol. The second kappa shape index (κ2) is 3.73. The third-order valence-electron chi connectivity index (χ3n) is 2.47. The van der Waals surface area contributed by atoms with E-state index in [0.29, 0.717) is 16.6 Å². The van der Waals surface area contributed by atoms with E-state index in [1.807, 2.05) is 0 Å². The second-order valence-corrected chi connectivity index (χ2v) is 4.06. The maximum absolute atomic E-state index is 10.9. The van der Waals surface area contributed by atoms with Gasteiger partial charge in [-0.3, -0.25) is 9.48 Å². The third-order valence-corrected chi connectivity index (χ3v) is 2.87. The summed E-state index contributed by atoms with van der Waals surface area (Å²) in [5.74, 6) is 0.478. The van der Waals surface area contributed by atoms with Crippen molar-refractivity contribution in [2.75, 3.05) is 0 Å². The number of nitrogens with zero attached hydrogens (tertiary/aromatic N) is 2. The van der Waals surface area contributed by atoms with Crippen molar-refractivity contribution < 1.29 is 4.79 Å². The van der Waals surface area contributed by atoms with Gasteiger partial charge in [-0.15, -0.1) is 0 Å². The normalized spacial score (nSPS) is 15.9. The van der Waals surface area contributed by atoms with Crippen molar-refractivity contribution in [2.45, 2.75) is 38.6 Å². The number of carbonyl (C=O) groups excluding carboxylic acids is 1. The first kappa shape index (κ1) is 9.71. The molecule has 2 rings (SSSR count). The Morgan fingerprint density at radius 1 is 1.64 bits per heavy atom. The lowest BCUT2D eigenvalue weighted by atomic mass is 10.2. The molecule has 0 radical (unpaired) electrons. The zero-order valence-electron chi connectivity index (χ0n) is 8.16. The van der Waals surface area contributed by atoms with Crippen LogP contribution in [-0.2, 0) is 6.54 Å². The van der Waals surface area contributed by atoms with Crippen LogP contribution < -0.4 is 0 Å². The Labute approximate surface area is 88.1 Å². The van der Waals surface area contributed by atoms with Crippen LogP contribution in [0.1, 0.15) is 48.2 Å². The van der Waals surface area contributed by atoms with Gasteiger partial charge in [-0.25, -0.2) is 0 Å². The zero-order valence-corrected chi connectivity index (χ0v) is 8.92. The van der Waals surface area contributed by atoms with Crippen LogP contribution in [0, 0.1) is 0 Å². The first-order valence-corrected chi connectivity index (χ1v) is 5.37. The first-order valence-electron chi connectivity index (χ1n) is 4.99. The fourth-order valence-corrected chi connectivity index (χ4v) is 1.86. The van der Waals surface area contributed by atoms with E-state index < -0.39 is 0 Å². The third kappa shape index (κ3) is 1.57. The number of aromatic nitrogens is 2. The molecular weight excluding hydrogens is 200 g/mol. The molecule has 4 heteroatoms. The summed E-state index contributed by atoms with van der Waals surface area (Å²) in [4.78, 5) is 10.9. The van der Waals surface area contributed by atoms with E-state index in [0.717, 1.165) is 37.8 Å². The highest BCUT2D eigenvalue weighted by molar-refractivity contribution is 6.32. The SMILES string of the molecule is CCCn1nc(C2CC2)c(C=O)c1Cl. The molecule has 1 heterocycles. The van der Waals surface area contributed by atoms with Crippen LogP contribution in [0.15, 0.2) is 0 Å². The van der Waals surface area contributed by atoms with E-state index in [1.54, 1.807) is 4.68 Å². The number of halogens is 1. The van der Waals surface area contributed by atoms with Gasteiger partial charge >= 0.3 is 0 Å². The number of hydrogen-bond donors (Lipinski definition) is 0. The van der Waals surface area contributed by atoms with E-state index in [-0.39, 0.29) is 0 Å². The van der Waals surface area contributed by atoms with Gasteiger partial charge in [0.2, 0.25) is 0 Å². The highest BCUT2D eigenvalue weighted by Crippen LogP contribution is 2.42. The minimum absolute atomic E-state index is 0.478. The molecule has 1 aromatic heterocycles. The quantitative estimate of drug-likeness (QED) is 0.720. The first-order chi connectivity index (χ1) is 6.77. The van der Waals surface area contributed by atoms with E-state index in [4.69, 9.17) is 11.6 Å². The molecule has 0 aromatic carbocycles. The zero-order chi connectivity index (χ0) is 10.1. The molecular formula is C10H13ClN2O. The van der Waals surface area contributed by atoms with Crippen LogP contribution in [-0.4, -0.2) is 16.1 Å². The Morgan fingerprint density at radius 3 is 2.86 bits per heavy atom. The van der Waals surface area contributed by atoms with Crippen molar-refractivity contribution in [3.05, 3.63) is 16.4 Å². The Balaban J connectivity index is 2.38. The molecule has 0 aliphatic heterocycles. The standard InChI is InChI=1S/C10H13ClN2O/c1-2-5-13-10(11)8(6-14)9(12-13)7-3-4-7/h6-7H,2-5H2,1H3. The van der Waals surface area contributed by atoms with E-state index in [1.165, 1.54) is 0 Å². The molecule has 1 fully saturated rings. The average Bonchev–Trinajstić information content (AvgIpc) is 2.95. The minimum atomic E-state index is 0.478. The molecule has 1 aromatic rings. The molecule has 0 unspecified atom stereocenters. The highest BCUT2D eigenvalue weighted by atomic mass is 35.5. The Hall–Kier alpha value is -0.830. The molecule has 0 saturated heterocycles. The maximum atomic E-state index is 10.9. The summed E-state index contributed by atoms with van der Waals surface area (Å²) in [6.45, 7) is 2.85. The molecule has 1 aliphatic carbocycles. The summed E-state index contributed by atoms with van der Waals surface area (Å²) in [7, 11) is 0. The van der Waals surface area contributed by atoms with E-state index in [2.05, 4.69) is 12.0 Å². The van der Waals surface area contributed by atoms with Gasteiger partial charge in [0.05, 0.1) is 11.3 Å². The van der Waals surface area contributed by atoms with Crippen LogP contribution in [0.3, 0.4) is 0 Å². The van der Waals surface area contributed by atoms with Gasteiger partial charge in [-0.1, -0.05) is 18.5 Å². The topological polar surface area (TPSA) is 34.9 Å². The molecule has 0 bridgehead atoms. The van der Waals surface area contributed by atoms with Crippen molar-refractivity contribution in [3.63, 3.8) is 0 Å². The molecule has 0 N–H and O–H groups in total. The molecule has 0 atom stereocenters. The van der Waals surface area contributed by atoms with Crippen molar-refractivity contribution in [1.82, 2.24) is 9.78 Å². The number of aryl methyl sites for hydroxylation is 1. The lowest BCUT2D eigenvalue weighted by molar-refractivity contribution is 0.112.